The molecular formula is C11H11BrFN3O2S. The van der Waals surface area contributed by atoms with Gasteiger partial charge in [-0.1, -0.05) is 15.9 Å². The van der Waals surface area contributed by atoms with Crippen LogP contribution in [0.2, 0.25) is 0 Å². The minimum absolute atomic E-state index is 0.161. The number of hydrogen-bond donors (Lipinski definition) is 1. The molecule has 1 heterocycles. The van der Waals surface area contributed by atoms with Crippen LogP contribution < -0.4 is 4.72 Å². The van der Waals surface area contributed by atoms with E-state index in [-0.39, 0.29) is 11.4 Å². The Labute approximate surface area is 118 Å². The predicted octanol–water partition coefficient (Wildman–Crippen LogP) is 1.76. The van der Waals surface area contributed by atoms with E-state index < -0.39 is 15.8 Å². The zero-order valence-corrected chi connectivity index (χ0v) is 12.2. The van der Waals surface area contributed by atoms with E-state index in [9.17, 15) is 12.8 Å². The van der Waals surface area contributed by atoms with Gasteiger partial charge in [0.05, 0.1) is 6.33 Å². The molecule has 1 aromatic heterocycles. The third-order valence-corrected chi connectivity index (χ3v) is 4.39. The topological polar surface area (TPSA) is 64.0 Å². The lowest BCUT2D eigenvalue weighted by molar-refractivity contribution is 0.551. The average Bonchev–Trinajstić information content (AvgIpc) is 2.81. The fraction of sp³-hybridized carbons (Fsp3) is 0.182. The van der Waals surface area contributed by atoms with E-state index >= 15 is 0 Å². The Bertz CT molecular complexity index is 659. The van der Waals surface area contributed by atoms with Crippen molar-refractivity contribution in [3.8, 4) is 0 Å². The van der Waals surface area contributed by atoms with E-state index in [4.69, 9.17) is 0 Å². The summed E-state index contributed by atoms with van der Waals surface area (Å²) in [4.78, 5) is 3.48. The molecule has 0 unspecified atom stereocenters. The largest absolute Gasteiger partial charge is 0.336 e. The van der Waals surface area contributed by atoms with Gasteiger partial charge in [-0.25, -0.2) is 22.5 Å². The molecule has 0 spiro atoms. The SMILES string of the molecule is O=S(=O)(NCCn1ccnc1)c1ccc(Br)cc1F. The smallest absolute Gasteiger partial charge is 0.243 e. The Morgan fingerprint density at radius 3 is 2.84 bits per heavy atom. The lowest BCUT2D eigenvalue weighted by Gasteiger charge is -2.08. The van der Waals surface area contributed by atoms with Crippen LogP contribution >= 0.6 is 15.9 Å². The van der Waals surface area contributed by atoms with Gasteiger partial charge >= 0.3 is 0 Å². The molecule has 1 N–H and O–H groups in total. The molecule has 0 fully saturated rings. The fourth-order valence-electron chi connectivity index (χ4n) is 1.50. The summed E-state index contributed by atoms with van der Waals surface area (Å²) in [6.45, 7) is 0.589. The van der Waals surface area contributed by atoms with Gasteiger partial charge in [0.2, 0.25) is 10.0 Å². The van der Waals surface area contributed by atoms with E-state index in [1.165, 1.54) is 12.1 Å². The highest BCUT2D eigenvalue weighted by Gasteiger charge is 2.18. The lowest BCUT2D eigenvalue weighted by atomic mass is 10.3. The van der Waals surface area contributed by atoms with Crippen LogP contribution in [0, 0.1) is 5.82 Å². The Hall–Kier alpha value is -1.25. The molecule has 0 saturated carbocycles. The zero-order chi connectivity index (χ0) is 13.9. The molecule has 0 radical (unpaired) electrons. The van der Waals surface area contributed by atoms with Crippen molar-refractivity contribution >= 4 is 26.0 Å². The predicted molar refractivity (Wildman–Crippen MR) is 71.5 cm³/mol. The van der Waals surface area contributed by atoms with Gasteiger partial charge in [0, 0.05) is 30.0 Å². The molecule has 0 aliphatic heterocycles. The first kappa shape index (κ1) is 14.2. The number of halogens is 2. The van der Waals surface area contributed by atoms with Gasteiger partial charge in [-0.3, -0.25) is 0 Å². The number of rotatable bonds is 5. The van der Waals surface area contributed by atoms with Crippen molar-refractivity contribution in [2.45, 2.75) is 11.4 Å². The van der Waals surface area contributed by atoms with Gasteiger partial charge in [0.1, 0.15) is 10.7 Å². The molecule has 0 bridgehead atoms. The molecule has 0 aliphatic rings. The number of nitrogens with one attached hydrogen (secondary N) is 1. The van der Waals surface area contributed by atoms with E-state index in [2.05, 4.69) is 25.6 Å². The Morgan fingerprint density at radius 2 is 2.21 bits per heavy atom. The minimum Gasteiger partial charge on any atom is -0.336 e. The number of hydrogen-bond acceptors (Lipinski definition) is 3. The van der Waals surface area contributed by atoms with Crippen LogP contribution in [-0.2, 0) is 16.6 Å². The van der Waals surface area contributed by atoms with Gasteiger partial charge in [0.25, 0.3) is 0 Å². The minimum atomic E-state index is -3.84. The van der Waals surface area contributed by atoms with Crippen LogP contribution in [0.5, 0.6) is 0 Å². The number of benzene rings is 1. The number of sulfonamides is 1. The van der Waals surface area contributed by atoms with Crippen LogP contribution in [-0.4, -0.2) is 24.5 Å². The van der Waals surface area contributed by atoms with E-state index in [1.54, 1.807) is 23.3 Å². The average molecular weight is 348 g/mol. The van der Waals surface area contributed by atoms with E-state index in [0.29, 0.717) is 11.0 Å². The highest BCUT2D eigenvalue weighted by molar-refractivity contribution is 9.10. The molecule has 2 rings (SSSR count). The van der Waals surface area contributed by atoms with Crippen LogP contribution in [0.4, 0.5) is 4.39 Å². The first-order valence-corrected chi connectivity index (χ1v) is 7.67. The molecule has 5 nitrogen and oxygen atoms in total. The third-order valence-electron chi connectivity index (χ3n) is 2.40. The maximum atomic E-state index is 13.6. The summed E-state index contributed by atoms with van der Waals surface area (Å²) in [5, 5.41) is 0. The van der Waals surface area contributed by atoms with Gasteiger partial charge < -0.3 is 4.57 Å². The molecule has 102 valence electrons. The van der Waals surface area contributed by atoms with Gasteiger partial charge in [-0.2, -0.15) is 0 Å². The third kappa shape index (κ3) is 3.62. The first-order valence-electron chi connectivity index (χ1n) is 5.39. The highest BCUT2D eigenvalue weighted by atomic mass is 79.9. The molecular weight excluding hydrogens is 337 g/mol. The zero-order valence-electron chi connectivity index (χ0n) is 9.75. The summed E-state index contributed by atoms with van der Waals surface area (Å²) in [7, 11) is -3.84. The normalized spacial score (nSPS) is 11.7. The first-order chi connectivity index (χ1) is 8.99. The van der Waals surface area contributed by atoms with E-state index in [1.807, 2.05) is 0 Å². The second kappa shape index (κ2) is 5.81. The summed E-state index contributed by atoms with van der Waals surface area (Å²) in [6, 6.07) is 3.82. The monoisotopic (exact) mass is 347 g/mol. The van der Waals surface area contributed by atoms with Crippen LogP contribution in [0.25, 0.3) is 0 Å². The summed E-state index contributed by atoms with van der Waals surface area (Å²) in [5.74, 6) is -0.787. The van der Waals surface area contributed by atoms with Crippen molar-refractivity contribution in [2.24, 2.45) is 0 Å². The molecule has 1 aromatic carbocycles. The quantitative estimate of drug-likeness (QED) is 0.896. The van der Waals surface area contributed by atoms with Crippen molar-refractivity contribution < 1.29 is 12.8 Å². The van der Waals surface area contributed by atoms with E-state index in [0.717, 1.165) is 6.07 Å². The Morgan fingerprint density at radius 1 is 1.42 bits per heavy atom. The number of imidazole rings is 1. The summed E-state index contributed by atoms with van der Waals surface area (Å²) >= 11 is 3.08. The Kier molecular flexibility index (Phi) is 4.33. The van der Waals surface area contributed by atoms with Gasteiger partial charge in [0.15, 0.2) is 0 Å². The maximum absolute atomic E-state index is 13.6. The molecule has 0 atom stereocenters. The van der Waals surface area contributed by atoms with Crippen molar-refractivity contribution in [2.75, 3.05) is 6.54 Å². The van der Waals surface area contributed by atoms with Crippen molar-refractivity contribution in [1.82, 2.24) is 14.3 Å². The lowest BCUT2D eigenvalue weighted by Crippen LogP contribution is -2.27. The number of nitrogens with zero attached hydrogens (tertiary/aromatic N) is 2. The van der Waals surface area contributed by atoms with Crippen LogP contribution in [0.1, 0.15) is 0 Å². The second-order valence-electron chi connectivity index (χ2n) is 3.77. The van der Waals surface area contributed by atoms with Crippen molar-refractivity contribution in [3.63, 3.8) is 0 Å². The summed E-state index contributed by atoms with van der Waals surface area (Å²) in [5.41, 5.74) is 0. The standard InChI is InChI=1S/C11H11BrFN3O2S/c12-9-1-2-11(10(13)7-9)19(17,18)15-4-6-16-5-3-14-8-16/h1-3,5,7-8,15H,4,6H2. The summed E-state index contributed by atoms with van der Waals surface area (Å²) < 4.78 is 41.9. The molecule has 0 saturated heterocycles. The van der Waals surface area contributed by atoms with Crippen LogP contribution in [0.15, 0.2) is 46.3 Å². The fourth-order valence-corrected chi connectivity index (χ4v) is 2.91. The molecule has 0 amide bonds. The number of aromatic nitrogens is 2. The van der Waals surface area contributed by atoms with Crippen molar-refractivity contribution in [3.05, 3.63) is 47.2 Å². The molecule has 0 aliphatic carbocycles. The van der Waals surface area contributed by atoms with Gasteiger partial charge in [-0.15, -0.1) is 0 Å². The molecule has 8 heteroatoms. The molecule has 19 heavy (non-hydrogen) atoms. The van der Waals surface area contributed by atoms with Crippen molar-refractivity contribution in [1.29, 1.82) is 0 Å². The molecule has 2 aromatic rings. The Balaban J connectivity index is 2.05. The second-order valence-corrected chi connectivity index (χ2v) is 6.42. The summed E-state index contributed by atoms with van der Waals surface area (Å²) in [6.07, 6.45) is 4.89. The highest BCUT2D eigenvalue weighted by Crippen LogP contribution is 2.19. The van der Waals surface area contributed by atoms with Crippen LogP contribution in [0.3, 0.4) is 0 Å². The van der Waals surface area contributed by atoms with Gasteiger partial charge in [-0.05, 0) is 18.2 Å². The maximum Gasteiger partial charge on any atom is 0.243 e.